The summed E-state index contributed by atoms with van der Waals surface area (Å²) in [6.07, 6.45) is 4.74. The summed E-state index contributed by atoms with van der Waals surface area (Å²) < 4.78 is 121. The Balaban J connectivity index is 1.91. The summed E-state index contributed by atoms with van der Waals surface area (Å²) in [6, 6.07) is 2.08. The quantitative estimate of drug-likeness (QED) is 0.165. The van der Waals surface area contributed by atoms with Crippen molar-refractivity contribution in [1.29, 1.82) is 0 Å². The molecule has 1 heterocycles. The van der Waals surface area contributed by atoms with Gasteiger partial charge in [-0.1, -0.05) is 128 Å². The molecule has 1 heteroatoms. The van der Waals surface area contributed by atoms with E-state index in [1.807, 2.05) is 18.2 Å². The van der Waals surface area contributed by atoms with Crippen molar-refractivity contribution < 1.29 is 22.2 Å². The fraction of sp³-hybridized carbons (Fsp3) is 0. The van der Waals surface area contributed by atoms with Crippen LogP contribution in [0.25, 0.3) is 71.3 Å². The highest BCUT2D eigenvalue weighted by Crippen LogP contribution is 2.47. The zero-order valence-electron chi connectivity index (χ0n) is 33.5. The Hall–Kier alpha value is -5.14. The monoisotopic (exact) mass is 511 g/mol. The largest absolute Gasteiger partial charge is 0.456 e. The van der Waals surface area contributed by atoms with Crippen LogP contribution in [0.4, 0.5) is 0 Å². The molecule has 1 aromatic heterocycles. The average Bonchev–Trinajstić information content (AvgIpc) is 3.51. The molecule has 39 heavy (non-hydrogen) atoms. The number of allylic oxidation sites excluding steroid dienone is 4. The van der Waals surface area contributed by atoms with E-state index in [1.165, 1.54) is 6.08 Å². The lowest BCUT2D eigenvalue weighted by molar-refractivity contribution is 0.669. The number of hydrogen-bond acceptors (Lipinski definition) is 1. The molecule has 7 aromatic rings. The summed E-state index contributed by atoms with van der Waals surface area (Å²) in [5.41, 5.74) is 1.45. The number of benzene rings is 6. The van der Waals surface area contributed by atoms with Gasteiger partial charge in [-0.15, -0.1) is 0 Å². The first-order valence-electron chi connectivity index (χ1n) is 18.6. The van der Waals surface area contributed by atoms with Crippen LogP contribution in [0.15, 0.2) is 151 Å². The Kier molecular flexibility index (Phi) is 3.12. The Bertz CT molecular complexity index is 2700. The lowest BCUT2D eigenvalue weighted by Crippen LogP contribution is -1.94. The van der Waals surface area contributed by atoms with E-state index in [0.29, 0.717) is 38.6 Å². The van der Waals surface area contributed by atoms with Crippen molar-refractivity contribution in [3.8, 4) is 22.3 Å². The van der Waals surface area contributed by atoms with E-state index >= 15 is 0 Å². The van der Waals surface area contributed by atoms with Crippen LogP contribution in [-0.2, 0) is 0 Å². The van der Waals surface area contributed by atoms with Gasteiger partial charge in [0.15, 0.2) is 0 Å². The van der Waals surface area contributed by atoms with E-state index < -0.39 is 84.1 Å². The van der Waals surface area contributed by atoms with Crippen LogP contribution in [0.2, 0.25) is 0 Å². The van der Waals surface area contributed by atoms with Crippen LogP contribution in [0.5, 0.6) is 0 Å². The van der Waals surface area contributed by atoms with Crippen molar-refractivity contribution in [2.75, 3.05) is 0 Å². The summed E-state index contributed by atoms with van der Waals surface area (Å²) in [5.74, 6) is 0. The molecule has 0 aliphatic rings. The maximum atomic E-state index is 9.31. The van der Waals surface area contributed by atoms with E-state index in [9.17, 15) is 5.48 Å². The number of fused-ring (bicyclic) bond motifs is 5. The van der Waals surface area contributed by atoms with Gasteiger partial charge in [0, 0.05) is 10.8 Å². The molecule has 6 aromatic carbocycles. The number of hydrogen-bond donors (Lipinski definition) is 0. The molecule has 0 spiro atoms. The Morgan fingerprint density at radius 3 is 1.90 bits per heavy atom. The summed E-state index contributed by atoms with van der Waals surface area (Å²) in [5, 5.41) is 0.392. The molecule has 0 fully saturated rings. The first-order chi connectivity index (χ1) is 24.7. The Morgan fingerprint density at radius 1 is 0.641 bits per heavy atom. The van der Waals surface area contributed by atoms with Gasteiger partial charge in [-0.25, -0.2) is 0 Å². The standard InChI is InChI=1S/C38H26O/c1-3-14-25(4-2)32-24-36-33(27-17-12-13-22-35(27)39-36)23-34(32)38-30-20-10-8-18-28(30)37(26-15-6-5-7-16-26)29-19-9-11-21-31(29)38/h3-24H,1-2H2/b25-14+/i5D,6D,7D,8D,9D,10D,11D,15D,16D,18D,19D,20D,21D. The van der Waals surface area contributed by atoms with E-state index in [-0.39, 0.29) is 32.7 Å². The Labute approximate surface area is 245 Å². The molecule has 1 nitrogen and oxygen atoms in total. The molecular formula is C38H26O. The van der Waals surface area contributed by atoms with Gasteiger partial charge in [-0.2, -0.15) is 0 Å². The molecule has 0 radical (unpaired) electrons. The molecule has 0 saturated heterocycles. The predicted octanol–water partition coefficient (Wildman–Crippen LogP) is 11.0. The highest BCUT2D eigenvalue weighted by molar-refractivity contribution is 6.23. The van der Waals surface area contributed by atoms with Crippen LogP contribution >= 0.6 is 0 Å². The van der Waals surface area contributed by atoms with Crippen LogP contribution < -0.4 is 0 Å². The maximum absolute atomic E-state index is 9.31. The zero-order chi connectivity index (χ0) is 37.7. The second kappa shape index (κ2) is 9.31. The van der Waals surface area contributed by atoms with E-state index in [0.717, 1.165) is 0 Å². The summed E-state index contributed by atoms with van der Waals surface area (Å²) >= 11 is 0. The van der Waals surface area contributed by atoms with Crippen molar-refractivity contribution in [1.82, 2.24) is 0 Å². The lowest BCUT2D eigenvalue weighted by Gasteiger charge is -2.20. The third kappa shape index (κ3) is 3.63. The molecule has 0 amide bonds. The minimum Gasteiger partial charge on any atom is -0.456 e. The molecule has 7 rings (SSSR count). The summed E-state index contributed by atoms with van der Waals surface area (Å²) in [7, 11) is 0. The van der Waals surface area contributed by atoms with Gasteiger partial charge in [-0.05, 0) is 73.1 Å². The molecule has 0 saturated carbocycles. The van der Waals surface area contributed by atoms with Gasteiger partial charge in [0.25, 0.3) is 0 Å². The number of para-hydroxylation sites is 1. The smallest absolute Gasteiger partial charge is 0.136 e. The number of rotatable bonds is 5. The molecule has 0 N–H and O–H groups in total. The number of furan rings is 1. The van der Waals surface area contributed by atoms with Gasteiger partial charge in [-0.3, -0.25) is 0 Å². The van der Waals surface area contributed by atoms with Gasteiger partial charge >= 0.3 is 0 Å². The van der Waals surface area contributed by atoms with E-state index in [1.54, 1.807) is 30.4 Å². The summed E-state index contributed by atoms with van der Waals surface area (Å²) in [6.45, 7) is 7.79. The van der Waals surface area contributed by atoms with Gasteiger partial charge < -0.3 is 4.42 Å². The van der Waals surface area contributed by atoms with Gasteiger partial charge in [0.2, 0.25) is 0 Å². The second-order valence-corrected chi connectivity index (χ2v) is 8.80. The first kappa shape index (κ1) is 13.1. The van der Waals surface area contributed by atoms with E-state index in [2.05, 4.69) is 13.2 Å². The van der Waals surface area contributed by atoms with E-state index in [4.69, 9.17) is 16.8 Å². The summed E-state index contributed by atoms with van der Waals surface area (Å²) in [4.78, 5) is 0. The van der Waals surface area contributed by atoms with Crippen molar-refractivity contribution in [3.63, 3.8) is 0 Å². The molecule has 0 bridgehead atoms. The van der Waals surface area contributed by atoms with Gasteiger partial charge in [0.1, 0.15) is 11.2 Å². The van der Waals surface area contributed by atoms with Crippen LogP contribution in [0, 0.1) is 0 Å². The lowest BCUT2D eigenvalue weighted by atomic mass is 9.83. The zero-order valence-corrected chi connectivity index (χ0v) is 20.5. The predicted molar refractivity (Wildman–Crippen MR) is 168 cm³/mol. The second-order valence-electron chi connectivity index (χ2n) is 8.80. The maximum Gasteiger partial charge on any atom is 0.136 e. The van der Waals surface area contributed by atoms with Crippen LogP contribution in [0.3, 0.4) is 0 Å². The molecule has 0 unspecified atom stereocenters. The minimum absolute atomic E-state index is 0.0131. The van der Waals surface area contributed by atoms with Crippen molar-refractivity contribution in [2.24, 2.45) is 0 Å². The van der Waals surface area contributed by atoms with Crippen molar-refractivity contribution >= 4 is 49.1 Å². The van der Waals surface area contributed by atoms with Crippen molar-refractivity contribution in [2.45, 2.75) is 0 Å². The Morgan fingerprint density at radius 2 is 1.26 bits per heavy atom. The highest BCUT2D eigenvalue weighted by atomic mass is 16.3. The molecule has 0 aliphatic heterocycles. The third-order valence-electron chi connectivity index (χ3n) is 6.74. The molecule has 184 valence electrons. The SMILES string of the molecule is [2H]c1c([2H])c([2H])c(-c2c3c([2H])c([2H])c([2H])c([2H])c3c(-c3cc4c(cc3/C(C=C)=C/C=C)oc3ccccc34)c3c([2H])c([2H])c([2H])c([2H])c23)c([2H])c1[2H]. The fourth-order valence-electron chi connectivity index (χ4n) is 5.13. The van der Waals surface area contributed by atoms with Gasteiger partial charge in [0.05, 0.1) is 17.8 Å². The van der Waals surface area contributed by atoms with Crippen LogP contribution in [0.1, 0.15) is 23.4 Å². The minimum atomic E-state index is -0.729. The highest BCUT2D eigenvalue weighted by Gasteiger charge is 2.21. The fourth-order valence-corrected chi connectivity index (χ4v) is 5.13. The van der Waals surface area contributed by atoms with Crippen molar-refractivity contribution in [3.05, 3.63) is 152 Å². The molecule has 0 aliphatic carbocycles. The topological polar surface area (TPSA) is 13.1 Å². The normalized spacial score (nSPS) is 16.6. The molecule has 0 atom stereocenters. The van der Waals surface area contributed by atoms with Crippen LogP contribution in [-0.4, -0.2) is 0 Å². The first-order valence-corrected chi connectivity index (χ1v) is 12.1. The third-order valence-corrected chi connectivity index (χ3v) is 6.74. The molecular weight excluding hydrogens is 472 g/mol. The average molecular weight is 512 g/mol.